The molecule has 0 radical (unpaired) electrons. The Labute approximate surface area is 199 Å². The fourth-order valence-corrected chi connectivity index (χ4v) is 5.03. The van der Waals surface area contributed by atoms with Gasteiger partial charge in [0.15, 0.2) is 6.17 Å². The van der Waals surface area contributed by atoms with E-state index in [2.05, 4.69) is 38.2 Å². The monoisotopic (exact) mass is 448 g/mol. The molecule has 0 aromatic rings. The number of carbonyl (C=O) groups excluding carboxylic acids is 1. The van der Waals surface area contributed by atoms with Gasteiger partial charge in [-0.05, 0) is 19.8 Å². The highest BCUT2D eigenvalue weighted by Crippen LogP contribution is 2.20. The highest BCUT2D eigenvalue weighted by atomic mass is 16.1. The van der Waals surface area contributed by atoms with Crippen molar-refractivity contribution in [3.63, 3.8) is 0 Å². The van der Waals surface area contributed by atoms with Crippen molar-refractivity contribution in [2.75, 3.05) is 19.6 Å². The van der Waals surface area contributed by atoms with Crippen LogP contribution in [0.25, 0.3) is 0 Å². The lowest BCUT2D eigenvalue weighted by Gasteiger charge is -2.38. The molecule has 0 aromatic carbocycles. The van der Waals surface area contributed by atoms with Crippen molar-refractivity contribution < 1.29 is 9.28 Å². The molecule has 0 fully saturated rings. The molecule has 1 rings (SSSR count). The van der Waals surface area contributed by atoms with Crippen molar-refractivity contribution in [2.45, 2.75) is 137 Å². The maximum absolute atomic E-state index is 11.5. The number of nitrogens with zero attached hydrogens (tertiary/aromatic N) is 2. The molecule has 0 saturated carbocycles. The third kappa shape index (κ3) is 11.6. The summed E-state index contributed by atoms with van der Waals surface area (Å²) in [6.07, 6.45) is 26.9. The van der Waals surface area contributed by atoms with Crippen LogP contribution in [-0.4, -0.2) is 42.0 Å². The van der Waals surface area contributed by atoms with Gasteiger partial charge in [0.2, 0.25) is 11.7 Å². The normalized spacial score (nSPS) is 19.4. The molecule has 0 aliphatic carbocycles. The molecule has 1 aliphatic heterocycles. The Kier molecular flexibility index (Phi) is 16.5. The van der Waals surface area contributed by atoms with Crippen LogP contribution in [0.1, 0.15) is 130 Å². The van der Waals surface area contributed by atoms with Crippen molar-refractivity contribution in [3.8, 4) is 0 Å². The number of quaternary nitrogens is 1. The first-order chi connectivity index (χ1) is 15.6. The molecule has 186 valence electrons. The summed E-state index contributed by atoms with van der Waals surface area (Å²) in [4.78, 5) is 16.3. The molecule has 2 unspecified atom stereocenters. The van der Waals surface area contributed by atoms with Crippen LogP contribution in [0.2, 0.25) is 0 Å². The van der Waals surface area contributed by atoms with Gasteiger partial charge in [0, 0.05) is 19.9 Å². The van der Waals surface area contributed by atoms with Gasteiger partial charge in [-0.2, -0.15) is 0 Å². The molecule has 1 amide bonds. The molecule has 0 saturated heterocycles. The van der Waals surface area contributed by atoms with Crippen molar-refractivity contribution in [1.82, 2.24) is 5.32 Å². The number of amidine groups is 1. The first-order valence-electron chi connectivity index (χ1n) is 13.9. The Bertz CT molecular complexity index is 543. The SMILES string of the molecule is CCCCCCCCCCCCCCCCC/C=C/C1=NCC[N+]1(CC)C(C)NC(C)=O. The minimum atomic E-state index is 0.0384. The van der Waals surface area contributed by atoms with Crippen LogP contribution in [-0.2, 0) is 4.79 Å². The number of unbranched alkanes of at least 4 members (excludes halogenated alkanes) is 15. The number of likely N-dealkylation sites (N-methyl/N-ethyl adjacent to an activating group) is 1. The summed E-state index contributed by atoms with van der Waals surface area (Å²) in [5.74, 6) is 1.17. The van der Waals surface area contributed by atoms with Crippen LogP contribution in [0.3, 0.4) is 0 Å². The summed E-state index contributed by atoms with van der Waals surface area (Å²) < 4.78 is 0.773. The average molecular weight is 449 g/mol. The molecular formula is C28H54N3O+. The van der Waals surface area contributed by atoms with Crippen molar-refractivity contribution in [1.29, 1.82) is 0 Å². The van der Waals surface area contributed by atoms with Gasteiger partial charge in [-0.15, -0.1) is 0 Å². The van der Waals surface area contributed by atoms with E-state index in [0.29, 0.717) is 0 Å². The van der Waals surface area contributed by atoms with Crippen molar-refractivity contribution in [2.24, 2.45) is 4.99 Å². The molecule has 0 bridgehead atoms. The zero-order chi connectivity index (χ0) is 23.5. The van der Waals surface area contributed by atoms with Crippen molar-refractivity contribution >= 4 is 11.7 Å². The lowest BCUT2D eigenvalue weighted by molar-refractivity contribution is -0.859. The van der Waals surface area contributed by atoms with Crippen LogP contribution >= 0.6 is 0 Å². The van der Waals surface area contributed by atoms with Crippen LogP contribution in [0.5, 0.6) is 0 Å². The van der Waals surface area contributed by atoms with E-state index in [1.807, 2.05) is 0 Å². The molecule has 4 heteroatoms. The van der Waals surface area contributed by atoms with E-state index in [-0.39, 0.29) is 12.1 Å². The third-order valence-corrected chi connectivity index (χ3v) is 7.19. The Morgan fingerprint density at radius 1 is 0.906 bits per heavy atom. The van der Waals surface area contributed by atoms with Gasteiger partial charge in [0.1, 0.15) is 6.54 Å². The topological polar surface area (TPSA) is 41.5 Å². The predicted molar refractivity (Wildman–Crippen MR) is 140 cm³/mol. The van der Waals surface area contributed by atoms with E-state index in [1.54, 1.807) is 6.92 Å². The predicted octanol–water partition coefficient (Wildman–Crippen LogP) is 7.54. The van der Waals surface area contributed by atoms with E-state index >= 15 is 0 Å². The fourth-order valence-electron chi connectivity index (χ4n) is 5.03. The number of rotatable bonds is 20. The van der Waals surface area contributed by atoms with Gasteiger partial charge in [-0.3, -0.25) is 9.28 Å². The second-order valence-electron chi connectivity index (χ2n) is 9.83. The number of carbonyl (C=O) groups is 1. The van der Waals surface area contributed by atoms with Crippen LogP contribution in [0, 0.1) is 0 Å². The highest BCUT2D eigenvalue weighted by Gasteiger charge is 2.40. The lowest BCUT2D eigenvalue weighted by atomic mass is 10.0. The number of hydrogen-bond donors (Lipinski definition) is 1. The van der Waals surface area contributed by atoms with Gasteiger partial charge >= 0.3 is 0 Å². The molecule has 1 aliphatic rings. The van der Waals surface area contributed by atoms with Gasteiger partial charge in [-0.1, -0.05) is 103 Å². The zero-order valence-corrected chi connectivity index (χ0v) is 22.0. The Hall–Kier alpha value is -1.16. The summed E-state index contributed by atoms with van der Waals surface area (Å²) in [5.41, 5.74) is 0. The van der Waals surface area contributed by atoms with Crippen molar-refractivity contribution in [3.05, 3.63) is 12.2 Å². The summed E-state index contributed by atoms with van der Waals surface area (Å²) in [7, 11) is 0. The first kappa shape index (κ1) is 28.9. The van der Waals surface area contributed by atoms with Crippen LogP contribution in [0.15, 0.2) is 17.1 Å². The quantitative estimate of drug-likeness (QED) is 0.152. The molecular weight excluding hydrogens is 394 g/mol. The van der Waals surface area contributed by atoms with E-state index in [4.69, 9.17) is 4.99 Å². The van der Waals surface area contributed by atoms with Gasteiger partial charge in [0.05, 0.1) is 13.1 Å². The highest BCUT2D eigenvalue weighted by molar-refractivity contribution is 5.88. The first-order valence-corrected chi connectivity index (χ1v) is 13.9. The summed E-state index contributed by atoms with van der Waals surface area (Å²) in [6, 6.07) is 0. The Morgan fingerprint density at radius 2 is 1.41 bits per heavy atom. The minimum Gasteiger partial charge on any atom is -0.307 e. The Morgan fingerprint density at radius 3 is 1.88 bits per heavy atom. The van der Waals surface area contributed by atoms with E-state index < -0.39 is 0 Å². The maximum atomic E-state index is 11.5. The van der Waals surface area contributed by atoms with Crippen LogP contribution < -0.4 is 5.32 Å². The second-order valence-corrected chi connectivity index (χ2v) is 9.83. The van der Waals surface area contributed by atoms with E-state index in [9.17, 15) is 4.79 Å². The smallest absolute Gasteiger partial charge is 0.224 e. The molecule has 0 aromatic heterocycles. The summed E-state index contributed by atoms with van der Waals surface area (Å²) in [5, 5.41) is 3.08. The van der Waals surface area contributed by atoms with Gasteiger partial charge in [0.25, 0.3) is 0 Å². The minimum absolute atomic E-state index is 0.0384. The number of hydrogen-bond acceptors (Lipinski definition) is 2. The summed E-state index contributed by atoms with van der Waals surface area (Å²) in [6.45, 7) is 11.0. The molecule has 2 atom stereocenters. The van der Waals surface area contributed by atoms with E-state index in [0.717, 1.165) is 36.4 Å². The Balaban J connectivity index is 2.03. The number of nitrogens with one attached hydrogen (secondary N) is 1. The van der Waals surface area contributed by atoms with E-state index in [1.165, 1.54) is 96.3 Å². The number of allylic oxidation sites excluding steroid dienone is 1. The molecule has 1 heterocycles. The molecule has 1 N–H and O–H groups in total. The van der Waals surface area contributed by atoms with Gasteiger partial charge < -0.3 is 5.32 Å². The maximum Gasteiger partial charge on any atom is 0.224 e. The average Bonchev–Trinajstić information content (AvgIpc) is 3.19. The second kappa shape index (κ2) is 18.3. The third-order valence-electron chi connectivity index (χ3n) is 7.19. The standard InChI is InChI=1S/C28H53N3O/c1-5-7-8-9-10-11-12-13-14-15-16-17-18-19-20-21-22-23-28-29-24-25-31(28,6-2)26(3)30-27(4)32/h22-23,26H,5-21,24-25H2,1-4H3/p+1/b23-22+. The number of aliphatic imine (C=N–C) groups is 1. The largest absolute Gasteiger partial charge is 0.307 e. The molecule has 32 heavy (non-hydrogen) atoms. The summed E-state index contributed by atoms with van der Waals surface area (Å²) >= 11 is 0. The fraction of sp³-hybridized carbons (Fsp3) is 0.857. The number of amides is 1. The molecule has 0 spiro atoms. The van der Waals surface area contributed by atoms with Crippen LogP contribution in [0.4, 0.5) is 0 Å². The van der Waals surface area contributed by atoms with Gasteiger partial charge in [-0.25, -0.2) is 4.99 Å². The molecule has 4 nitrogen and oxygen atoms in total. The lowest BCUT2D eigenvalue weighted by Crippen LogP contribution is -2.62. The zero-order valence-electron chi connectivity index (χ0n) is 22.0.